The van der Waals surface area contributed by atoms with Crippen LogP contribution in [0.1, 0.15) is 36.8 Å². The van der Waals surface area contributed by atoms with E-state index in [1.807, 2.05) is 7.05 Å². The SMILES string of the molecule is CN=C(NCc1ccc(Br)cc1C)NC1CCN(C2CC2)CC1. The molecule has 2 fully saturated rings. The van der Waals surface area contributed by atoms with Gasteiger partial charge in [-0.3, -0.25) is 4.99 Å². The van der Waals surface area contributed by atoms with E-state index in [4.69, 9.17) is 0 Å². The van der Waals surface area contributed by atoms with Gasteiger partial charge >= 0.3 is 0 Å². The van der Waals surface area contributed by atoms with Crippen molar-refractivity contribution in [3.63, 3.8) is 0 Å². The van der Waals surface area contributed by atoms with E-state index in [1.165, 1.54) is 49.9 Å². The first kappa shape index (κ1) is 16.8. The van der Waals surface area contributed by atoms with Crippen molar-refractivity contribution < 1.29 is 0 Å². The second-order valence-electron chi connectivity index (χ2n) is 6.68. The van der Waals surface area contributed by atoms with Crippen molar-refractivity contribution in [1.82, 2.24) is 15.5 Å². The molecule has 4 nitrogen and oxygen atoms in total. The van der Waals surface area contributed by atoms with Crippen LogP contribution in [0.3, 0.4) is 0 Å². The smallest absolute Gasteiger partial charge is 0.191 e. The number of halogens is 1. The van der Waals surface area contributed by atoms with Crippen molar-refractivity contribution >= 4 is 21.9 Å². The van der Waals surface area contributed by atoms with Gasteiger partial charge in [-0.05, 0) is 55.9 Å². The Morgan fingerprint density at radius 1 is 1.26 bits per heavy atom. The van der Waals surface area contributed by atoms with Crippen molar-refractivity contribution in [3.05, 3.63) is 33.8 Å². The van der Waals surface area contributed by atoms with Crippen LogP contribution in [0.15, 0.2) is 27.7 Å². The maximum atomic E-state index is 4.38. The lowest BCUT2D eigenvalue weighted by Crippen LogP contribution is -2.48. The van der Waals surface area contributed by atoms with Crippen LogP contribution in [-0.2, 0) is 6.54 Å². The molecule has 126 valence electrons. The first-order valence-electron chi connectivity index (χ1n) is 8.62. The summed E-state index contributed by atoms with van der Waals surface area (Å²) in [5.74, 6) is 0.914. The van der Waals surface area contributed by atoms with Crippen LogP contribution in [-0.4, -0.2) is 43.1 Å². The molecule has 1 aliphatic heterocycles. The van der Waals surface area contributed by atoms with Gasteiger partial charge < -0.3 is 15.5 Å². The third-order valence-corrected chi connectivity index (χ3v) is 5.40. The summed E-state index contributed by atoms with van der Waals surface area (Å²) in [6, 6.07) is 7.85. The lowest BCUT2D eigenvalue weighted by molar-refractivity contribution is 0.197. The molecular weight excluding hydrogens is 352 g/mol. The second-order valence-corrected chi connectivity index (χ2v) is 7.60. The quantitative estimate of drug-likeness (QED) is 0.624. The Bertz CT molecular complexity index is 560. The predicted octanol–water partition coefficient (Wildman–Crippen LogP) is 3.05. The second kappa shape index (κ2) is 7.67. The van der Waals surface area contributed by atoms with Crippen molar-refractivity contribution in [2.24, 2.45) is 4.99 Å². The Kier molecular flexibility index (Phi) is 5.59. The van der Waals surface area contributed by atoms with E-state index in [9.17, 15) is 0 Å². The van der Waals surface area contributed by atoms with E-state index < -0.39 is 0 Å². The molecule has 2 aliphatic rings. The number of benzene rings is 1. The number of guanidine groups is 1. The van der Waals surface area contributed by atoms with Gasteiger partial charge in [-0.2, -0.15) is 0 Å². The molecule has 1 aromatic carbocycles. The Hall–Kier alpha value is -1.07. The number of hydrogen-bond acceptors (Lipinski definition) is 2. The number of hydrogen-bond donors (Lipinski definition) is 2. The van der Waals surface area contributed by atoms with Crippen LogP contribution in [0.4, 0.5) is 0 Å². The number of aliphatic imine (C=N–C) groups is 1. The lowest BCUT2D eigenvalue weighted by Gasteiger charge is -2.33. The molecule has 0 spiro atoms. The summed E-state index contributed by atoms with van der Waals surface area (Å²) in [7, 11) is 1.85. The molecule has 1 saturated carbocycles. The van der Waals surface area contributed by atoms with Crippen molar-refractivity contribution in [3.8, 4) is 0 Å². The summed E-state index contributed by atoms with van der Waals surface area (Å²) in [5.41, 5.74) is 2.60. The lowest BCUT2D eigenvalue weighted by atomic mass is 10.1. The van der Waals surface area contributed by atoms with Gasteiger partial charge in [0.1, 0.15) is 0 Å². The van der Waals surface area contributed by atoms with Crippen LogP contribution in [0.5, 0.6) is 0 Å². The minimum atomic E-state index is 0.544. The van der Waals surface area contributed by atoms with E-state index >= 15 is 0 Å². The van der Waals surface area contributed by atoms with Crippen LogP contribution < -0.4 is 10.6 Å². The van der Waals surface area contributed by atoms with Gasteiger partial charge in [0.05, 0.1) is 0 Å². The number of likely N-dealkylation sites (tertiary alicyclic amines) is 1. The number of nitrogens with zero attached hydrogens (tertiary/aromatic N) is 2. The zero-order valence-corrected chi connectivity index (χ0v) is 15.7. The van der Waals surface area contributed by atoms with Crippen molar-refractivity contribution in [2.45, 2.75) is 51.2 Å². The zero-order valence-electron chi connectivity index (χ0n) is 14.1. The van der Waals surface area contributed by atoms with E-state index in [0.717, 1.165) is 23.0 Å². The molecule has 1 heterocycles. The summed E-state index contributed by atoms with van der Waals surface area (Å²) in [6.45, 7) is 5.40. The monoisotopic (exact) mass is 378 g/mol. The summed E-state index contributed by atoms with van der Waals surface area (Å²) >= 11 is 3.51. The van der Waals surface area contributed by atoms with Crippen LogP contribution in [0.25, 0.3) is 0 Å². The van der Waals surface area contributed by atoms with Crippen LogP contribution >= 0.6 is 15.9 Å². The van der Waals surface area contributed by atoms with Crippen molar-refractivity contribution in [1.29, 1.82) is 0 Å². The minimum Gasteiger partial charge on any atom is -0.354 e. The highest BCUT2D eigenvalue weighted by atomic mass is 79.9. The molecule has 1 aromatic rings. The maximum Gasteiger partial charge on any atom is 0.191 e. The zero-order chi connectivity index (χ0) is 16.2. The summed E-state index contributed by atoms with van der Waals surface area (Å²) in [4.78, 5) is 7.03. The Balaban J connectivity index is 1.46. The first-order chi connectivity index (χ1) is 11.2. The molecule has 23 heavy (non-hydrogen) atoms. The molecule has 0 atom stereocenters. The average Bonchev–Trinajstić information content (AvgIpc) is 3.38. The minimum absolute atomic E-state index is 0.544. The highest BCUT2D eigenvalue weighted by molar-refractivity contribution is 9.10. The number of nitrogens with one attached hydrogen (secondary N) is 2. The van der Waals surface area contributed by atoms with Crippen LogP contribution in [0, 0.1) is 6.92 Å². The fourth-order valence-electron chi connectivity index (χ4n) is 3.27. The molecule has 0 amide bonds. The van der Waals surface area contributed by atoms with Gasteiger partial charge in [-0.1, -0.05) is 22.0 Å². The number of rotatable bonds is 4. The van der Waals surface area contributed by atoms with Gasteiger partial charge in [0.15, 0.2) is 5.96 Å². The first-order valence-corrected chi connectivity index (χ1v) is 9.41. The Labute approximate surface area is 147 Å². The van der Waals surface area contributed by atoms with Gasteiger partial charge in [-0.25, -0.2) is 0 Å². The van der Waals surface area contributed by atoms with E-state index in [1.54, 1.807) is 0 Å². The third kappa shape index (κ3) is 4.70. The fourth-order valence-corrected chi connectivity index (χ4v) is 3.75. The summed E-state index contributed by atoms with van der Waals surface area (Å²) < 4.78 is 1.13. The average molecular weight is 379 g/mol. The molecule has 5 heteroatoms. The molecule has 0 radical (unpaired) electrons. The number of aryl methyl sites for hydroxylation is 1. The molecule has 0 bridgehead atoms. The topological polar surface area (TPSA) is 39.7 Å². The highest BCUT2D eigenvalue weighted by Gasteiger charge is 2.31. The fraction of sp³-hybridized carbons (Fsp3) is 0.611. The highest BCUT2D eigenvalue weighted by Crippen LogP contribution is 2.29. The largest absolute Gasteiger partial charge is 0.354 e. The standard InChI is InChI=1S/C18H27BrN4/c1-13-11-15(19)4-3-14(13)12-21-18(20-2)22-16-7-9-23(10-8-16)17-5-6-17/h3-4,11,16-17H,5-10,12H2,1-2H3,(H2,20,21,22). The molecule has 2 N–H and O–H groups in total. The van der Waals surface area contributed by atoms with Crippen molar-refractivity contribution in [2.75, 3.05) is 20.1 Å². The van der Waals surface area contributed by atoms with E-state index in [2.05, 4.69) is 61.6 Å². The van der Waals surface area contributed by atoms with Gasteiger partial charge in [-0.15, -0.1) is 0 Å². The third-order valence-electron chi connectivity index (χ3n) is 4.91. The van der Waals surface area contributed by atoms with Gasteiger partial charge in [0.25, 0.3) is 0 Å². The van der Waals surface area contributed by atoms with E-state index in [-0.39, 0.29) is 0 Å². The predicted molar refractivity (Wildman–Crippen MR) is 99.8 cm³/mol. The number of piperidine rings is 1. The molecule has 1 saturated heterocycles. The molecule has 0 unspecified atom stereocenters. The normalized spacial score (nSPS) is 20.6. The van der Waals surface area contributed by atoms with Gasteiger partial charge in [0.2, 0.25) is 0 Å². The Morgan fingerprint density at radius 2 is 2.00 bits per heavy atom. The summed E-state index contributed by atoms with van der Waals surface area (Å²) in [6.07, 6.45) is 5.25. The molecular formula is C18H27BrN4. The van der Waals surface area contributed by atoms with Gasteiger partial charge in [0, 0.05) is 43.2 Å². The maximum absolute atomic E-state index is 4.38. The van der Waals surface area contributed by atoms with Crippen LogP contribution in [0.2, 0.25) is 0 Å². The molecule has 1 aliphatic carbocycles. The Morgan fingerprint density at radius 3 is 2.61 bits per heavy atom. The molecule has 0 aromatic heterocycles. The summed E-state index contributed by atoms with van der Waals surface area (Å²) in [5, 5.41) is 7.04. The molecule has 3 rings (SSSR count). The van der Waals surface area contributed by atoms with E-state index in [0.29, 0.717) is 6.04 Å².